The van der Waals surface area contributed by atoms with E-state index in [4.69, 9.17) is 16.3 Å². The number of rotatable bonds is 6. The van der Waals surface area contributed by atoms with Crippen molar-refractivity contribution in [3.05, 3.63) is 65.2 Å². The second-order valence-corrected chi connectivity index (χ2v) is 5.74. The van der Waals surface area contributed by atoms with Crippen molar-refractivity contribution >= 4 is 17.6 Å². The summed E-state index contributed by atoms with van der Waals surface area (Å²) in [6.45, 7) is 2.90. The second kappa shape index (κ2) is 8.44. The molecule has 0 aliphatic carbocycles. The van der Waals surface area contributed by atoms with Gasteiger partial charge in [-0.25, -0.2) is 4.79 Å². The highest BCUT2D eigenvalue weighted by atomic mass is 35.5. The van der Waals surface area contributed by atoms with Gasteiger partial charge < -0.3 is 15.0 Å². The fraction of sp³-hybridized carbons (Fsp3) is 0.278. The molecule has 4 nitrogen and oxygen atoms in total. The third-order valence-electron chi connectivity index (χ3n) is 3.50. The first-order chi connectivity index (χ1) is 11.1. The Bertz CT molecular complexity index is 617. The molecule has 23 heavy (non-hydrogen) atoms. The fourth-order valence-corrected chi connectivity index (χ4v) is 2.17. The molecule has 0 aliphatic heterocycles. The first-order valence-electron chi connectivity index (χ1n) is 7.51. The van der Waals surface area contributed by atoms with Crippen molar-refractivity contribution in [1.82, 2.24) is 10.2 Å². The largest absolute Gasteiger partial charge is 0.492 e. The van der Waals surface area contributed by atoms with E-state index in [-0.39, 0.29) is 12.1 Å². The number of hydrogen-bond donors (Lipinski definition) is 1. The van der Waals surface area contributed by atoms with Gasteiger partial charge in [0.15, 0.2) is 0 Å². The van der Waals surface area contributed by atoms with Crippen molar-refractivity contribution in [3.8, 4) is 5.75 Å². The molecule has 5 heteroatoms. The first-order valence-corrected chi connectivity index (χ1v) is 7.89. The van der Waals surface area contributed by atoms with Crippen LogP contribution in [0.1, 0.15) is 18.5 Å². The van der Waals surface area contributed by atoms with Gasteiger partial charge in [0, 0.05) is 12.1 Å². The van der Waals surface area contributed by atoms with Gasteiger partial charge in [0.25, 0.3) is 0 Å². The van der Waals surface area contributed by atoms with E-state index in [1.54, 1.807) is 11.9 Å². The van der Waals surface area contributed by atoms with Crippen LogP contribution in [0.5, 0.6) is 5.75 Å². The van der Waals surface area contributed by atoms with E-state index in [1.165, 1.54) is 0 Å². The van der Waals surface area contributed by atoms with Crippen molar-refractivity contribution in [2.45, 2.75) is 13.0 Å². The van der Waals surface area contributed by atoms with Crippen LogP contribution in [0, 0.1) is 0 Å². The lowest BCUT2D eigenvalue weighted by atomic mass is 10.1. The van der Waals surface area contributed by atoms with Crippen molar-refractivity contribution in [2.75, 3.05) is 20.2 Å². The minimum absolute atomic E-state index is 0.0859. The standard InChI is InChI=1S/C18H21ClN2O2/c1-14(15-8-10-16(19)11-9-15)20-18(22)21(2)12-13-23-17-6-4-3-5-7-17/h3-11,14H,12-13H2,1-2H3,(H,20,22). The van der Waals surface area contributed by atoms with Gasteiger partial charge >= 0.3 is 6.03 Å². The molecule has 0 spiro atoms. The molecule has 0 bridgehead atoms. The number of hydrogen-bond acceptors (Lipinski definition) is 2. The number of nitrogens with zero attached hydrogens (tertiary/aromatic N) is 1. The monoisotopic (exact) mass is 332 g/mol. The number of benzene rings is 2. The molecule has 0 fully saturated rings. The van der Waals surface area contributed by atoms with Gasteiger partial charge in [0.1, 0.15) is 12.4 Å². The second-order valence-electron chi connectivity index (χ2n) is 5.31. The third-order valence-corrected chi connectivity index (χ3v) is 3.75. The van der Waals surface area contributed by atoms with Gasteiger partial charge in [0.05, 0.1) is 12.6 Å². The molecule has 122 valence electrons. The van der Waals surface area contributed by atoms with E-state index in [9.17, 15) is 4.79 Å². The molecule has 1 atom stereocenters. The van der Waals surface area contributed by atoms with Crippen LogP contribution >= 0.6 is 11.6 Å². The molecule has 0 aromatic heterocycles. The average molecular weight is 333 g/mol. The maximum atomic E-state index is 12.2. The number of carbonyl (C=O) groups is 1. The Labute approximate surface area is 142 Å². The van der Waals surface area contributed by atoms with E-state index in [2.05, 4.69) is 5.32 Å². The summed E-state index contributed by atoms with van der Waals surface area (Å²) >= 11 is 5.87. The summed E-state index contributed by atoms with van der Waals surface area (Å²) in [4.78, 5) is 13.8. The topological polar surface area (TPSA) is 41.6 Å². The molecule has 1 unspecified atom stereocenters. The molecule has 0 saturated heterocycles. The first kappa shape index (κ1) is 17.2. The lowest BCUT2D eigenvalue weighted by Crippen LogP contribution is -2.40. The lowest BCUT2D eigenvalue weighted by Gasteiger charge is -2.21. The third kappa shape index (κ3) is 5.49. The smallest absolute Gasteiger partial charge is 0.317 e. The maximum absolute atomic E-state index is 12.2. The van der Waals surface area contributed by atoms with Crippen molar-refractivity contribution in [1.29, 1.82) is 0 Å². The van der Waals surface area contributed by atoms with Gasteiger partial charge in [-0.1, -0.05) is 41.9 Å². The molecule has 0 heterocycles. The Hall–Kier alpha value is -2.20. The Morgan fingerprint density at radius 1 is 1.17 bits per heavy atom. The highest BCUT2D eigenvalue weighted by Crippen LogP contribution is 2.16. The molecular weight excluding hydrogens is 312 g/mol. The van der Waals surface area contributed by atoms with E-state index in [0.717, 1.165) is 11.3 Å². The van der Waals surface area contributed by atoms with Gasteiger partial charge in [-0.15, -0.1) is 0 Å². The Morgan fingerprint density at radius 3 is 2.48 bits per heavy atom. The summed E-state index contributed by atoms with van der Waals surface area (Å²) in [6.07, 6.45) is 0. The summed E-state index contributed by atoms with van der Waals surface area (Å²) in [5.74, 6) is 0.802. The van der Waals surface area contributed by atoms with E-state index < -0.39 is 0 Å². The van der Waals surface area contributed by atoms with Crippen LogP contribution in [0.2, 0.25) is 5.02 Å². The number of nitrogens with one attached hydrogen (secondary N) is 1. The van der Waals surface area contributed by atoms with Crippen LogP contribution in [0.3, 0.4) is 0 Å². The van der Waals surface area contributed by atoms with E-state index >= 15 is 0 Å². The molecule has 2 aromatic carbocycles. The number of halogens is 1. The van der Waals surface area contributed by atoms with Crippen LogP contribution in [0.4, 0.5) is 4.79 Å². The predicted octanol–water partition coefficient (Wildman–Crippen LogP) is 4.12. The quantitative estimate of drug-likeness (QED) is 0.864. The number of ether oxygens (including phenoxy) is 1. The Morgan fingerprint density at radius 2 is 1.83 bits per heavy atom. The normalized spacial score (nSPS) is 11.6. The van der Waals surface area contributed by atoms with Crippen LogP contribution in [0.15, 0.2) is 54.6 Å². The van der Waals surface area contributed by atoms with Crippen molar-refractivity contribution in [2.24, 2.45) is 0 Å². The maximum Gasteiger partial charge on any atom is 0.317 e. The zero-order valence-electron chi connectivity index (χ0n) is 13.3. The fourth-order valence-electron chi connectivity index (χ4n) is 2.05. The molecule has 2 rings (SSSR count). The zero-order valence-corrected chi connectivity index (χ0v) is 14.1. The van der Waals surface area contributed by atoms with Crippen LogP contribution in [-0.4, -0.2) is 31.1 Å². The Balaban J connectivity index is 1.77. The van der Waals surface area contributed by atoms with Crippen LogP contribution in [0.25, 0.3) is 0 Å². The van der Waals surface area contributed by atoms with E-state index in [1.807, 2.05) is 61.5 Å². The highest BCUT2D eigenvalue weighted by Gasteiger charge is 2.13. The summed E-state index contributed by atoms with van der Waals surface area (Å²) in [5.41, 5.74) is 1.01. The summed E-state index contributed by atoms with van der Waals surface area (Å²) in [5, 5.41) is 3.64. The van der Waals surface area contributed by atoms with Crippen molar-refractivity contribution < 1.29 is 9.53 Å². The summed E-state index contributed by atoms with van der Waals surface area (Å²) < 4.78 is 5.59. The van der Waals surface area contributed by atoms with E-state index in [0.29, 0.717) is 18.2 Å². The summed E-state index contributed by atoms with van der Waals surface area (Å²) in [7, 11) is 1.75. The Kier molecular flexibility index (Phi) is 6.29. The van der Waals surface area contributed by atoms with Gasteiger partial charge in [-0.3, -0.25) is 0 Å². The number of amides is 2. The predicted molar refractivity (Wildman–Crippen MR) is 93.0 cm³/mol. The highest BCUT2D eigenvalue weighted by molar-refractivity contribution is 6.30. The van der Waals surface area contributed by atoms with Gasteiger partial charge in [0.2, 0.25) is 0 Å². The SMILES string of the molecule is CC(NC(=O)N(C)CCOc1ccccc1)c1ccc(Cl)cc1. The number of urea groups is 1. The minimum atomic E-state index is -0.135. The average Bonchev–Trinajstić information content (AvgIpc) is 2.56. The van der Waals surface area contributed by atoms with Crippen molar-refractivity contribution in [3.63, 3.8) is 0 Å². The molecule has 0 saturated carbocycles. The molecule has 1 N–H and O–H groups in total. The lowest BCUT2D eigenvalue weighted by molar-refractivity contribution is 0.192. The number of para-hydroxylation sites is 1. The number of carbonyl (C=O) groups excluding carboxylic acids is 1. The van der Waals surface area contributed by atoms with Crippen LogP contribution < -0.4 is 10.1 Å². The number of likely N-dealkylation sites (N-methyl/N-ethyl adjacent to an activating group) is 1. The van der Waals surface area contributed by atoms with Crippen LogP contribution in [-0.2, 0) is 0 Å². The molecule has 2 amide bonds. The molecule has 0 radical (unpaired) electrons. The minimum Gasteiger partial charge on any atom is -0.492 e. The molecule has 2 aromatic rings. The zero-order chi connectivity index (χ0) is 16.7. The molecular formula is C18H21ClN2O2. The molecule has 0 aliphatic rings. The van der Waals surface area contributed by atoms with Gasteiger partial charge in [-0.05, 0) is 36.8 Å². The summed E-state index contributed by atoms with van der Waals surface area (Å²) in [6, 6.07) is 16.8. The van der Waals surface area contributed by atoms with Gasteiger partial charge in [-0.2, -0.15) is 0 Å².